The molecule has 6 atom stereocenters. The first-order chi connectivity index (χ1) is 20.8. The quantitative estimate of drug-likeness (QED) is 0.173. The largest absolute Gasteiger partial charge is 0.363 e. The Morgan fingerprint density at radius 1 is 0.978 bits per heavy atom. The summed E-state index contributed by atoms with van der Waals surface area (Å²) in [5.74, 6) is -2.83. The Bertz CT molecular complexity index is 1300. The molecule has 13 nitrogen and oxygen atoms in total. The van der Waals surface area contributed by atoms with E-state index in [-0.39, 0.29) is 40.9 Å². The zero-order valence-corrected chi connectivity index (χ0v) is 28.5. The lowest BCUT2D eigenvalue weighted by atomic mass is 9.80. The van der Waals surface area contributed by atoms with E-state index in [1.54, 1.807) is 0 Å². The number of hydrogen-bond acceptors (Lipinski definition) is 7. The number of likely N-dealkylation sites (tertiary alicyclic amines) is 1. The fourth-order valence-electron chi connectivity index (χ4n) is 6.85. The van der Waals surface area contributed by atoms with Gasteiger partial charge in [-0.1, -0.05) is 67.7 Å². The van der Waals surface area contributed by atoms with Crippen LogP contribution in [0.15, 0.2) is 0 Å². The molecule has 4 aliphatic rings. The van der Waals surface area contributed by atoms with Gasteiger partial charge in [-0.3, -0.25) is 19.2 Å². The molecule has 1 aliphatic heterocycles. The molecule has 0 bridgehead atoms. The number of amides is 5. The maximum absolute atomic E-state index is 14.2. The number of sulfonamides is 1. The first kappa shape index (κ1) is 35.1. The number of hydrogen-bond donors (Lipinski definition) is 5. The van der Waals surface area contributed by atoms with Gasteiger partial charge in [-0.25, -0.2) is 17.9 Å². The van der Waals surface area contributed by atoms with Crippen molar-refractivity contribution in [2.75, 3.05) is 13.1 Å². The molecule has 3 aliphatic carbocycles. The van der Waals surface area contributed by atoms with Gasteiger partial charge in [-0.05, 0) is 53.8 Å². The molecule has 6 N–H and O–H groups in total. The normalized spacial score (nSPS) is 26.2. The molecule has 254 valence electrons. The van der Waals surface area contributed by atoms with E-state index in [0.29, 0.717) is 25.8 Å². The highest BCUT2D eigenvalue weighted by molar-refractivity contribution is 7.90. The van der Waals surface area contributed by atoms with Crippen LogP contribution in [0.1, 0.15) is 87.0 Å². The van der Waals surface area contributed by atoms with Crippen LogP contribution in [-0.2, 0) is 29.2 Å². The minimum Gasteiger partial charge on any atom is -0.363 e. The summed E-state index contributed by atoms with van der Waals surface area (Å²) in [6, 6.07) is -4.08. The molecule has 0 aromatic heterocycles. The summed E-state index contributed by atoms with van der Waals surface area (Å²) >= 11 is 0. The standard InChI is InChI=1S/C31H52N6O7S/c1-16(2)21(14-33-45(43,44)18-11-12-18)35-29(42)36-25(30(3,4)5)28(41)37-15-19-22(31(19,6)7)23(37)27(40)34-20(24(38)26(32)39)13-17-9-8-10-17/h16-23,25,33H,8-15H2,1-7H3,(H2,32,39)(H,34,40)(H2,35,36,42)/t19-,20?,21+,22-,23-,25+/m0/s1. The monoisotopic (exact) mass is 652 g/mol. The molecule has 1 unspecified atom stereocenters. The number of rotatable bonds is 14. The van der Waals surface area contributed by atoms with Gasteiger partial charge in [0.1, 0.15) is 12.1 Å². The molecular weight excluding hydrogens is 600 g/mol. The second-order valence-corrected chi connectivity index (χ2v) is 17.6. The van der Waals surface area contributed by atoms with Crippen LogP contribution < -0.4 is 26.4 Å². The second-order valence-electron chi connectivity index (χ2n) is 15.6. The van der Waals surface area contributed by atoms with Crippen molar-refractivity contribution in [1.82, 2.24) is 25.6 Å². The first-order valence-corrected chi connectivity index (χ1v) is 17.8. The smallest absolute Gasteiger partial charge is 0.315 e. The summed E-state index contributed by atoms with van der Waals surface area (Å²) in [6.07, 6.45) is 4.43. The van der Waals surface area contributed by atoms with Gasteiger partial charge in [0.15, 0.2) is 0 Å². The van der Waals surface area contributed by atoms with Gasteiger partial charge < -0.3 is 26.6 Å². The van der Waals surface area contributed by atoms with E-state index < -0.39 is 69.1 Å². The first-order valence-electron chi connectivity index (χ1n) is 16.3. The van der Waals surface area contributed by atoms with Crippen molar-refractivity contribution < 1.29 is 32.4 Å². The molecule has 4 fully saturated rings. The van der Waals surface area contributed by atoms with Crippen LogP contribution in [0.4, 0.5) is 4.79 Å². The Morgan fingerprint density at radius 2 is 1.60 bits per heavy atom. The van der Waals surface area contributed by atoms with Crippen LogP contribution in [0, 0.1) is 34.5 Å². The Balaban J connectivity index is 1.48. The maximum Gasteiger partial charge on any atom is 0.315 e. The van der Waals surface area contributed by atoms with Crippen LogP contribution in [0.25, 0.3) is 0 Å². The Morgan fingerprint density at radius 3 is 2.09 bits per heavy atom. The van der Waals surface area contributed by atoms with E-state index in [0.717, 1.165) is 19.3 Å². The highest BCUT2D eigenvalue weighted by atomic mass is 32.2. The average molecular weight is 653 g/mol. The predicted molar refractivity (Wildman–Crippen MR) is 168 cm³/mol. The predicted octanol–water partition coefficient (Wildman–Crippen LogP) is 1.02. The van der Waals surface area contributed by atoms with Crippen LogP contribution in [0.2, 0.25) is 0 Å². The van der Waals surface area contributed by atoms with Crippen molar-refractivity contribution in [3.8, 4) is 0 Å². The highest BCUT2D eigenvalue weighted by Crippen LogP contribution is 2.65. The number of urea groups is 1. The molecule has 0 aromatic carbocycles. The number of primary amides is 1. The van der Waals surface area contributed by atoms with E-state index in [4.69, 9.17) is 5.73 Å². The van der Waals surface area contributed by atoms with E-state index in [1.165, 1.54) is 4.90 Å². The van der Waals surface area contributed by atoms with E-state index >= 15 is 0 Å². The molecule has 0 aromatic rings. The fourth-order valence-corrected chi connectivity index (χ4v) is 8.25. The van der Waals surface area contributed by atoms with Crippen molar-refractivity contribution in [1.29, 1.82) is 0 Å². The molecule has 3 saturated carbocycles. The van der Waals surface area contributed by atoms with E-state index in [9.17, 15) is 32.4 Å². The Labute approximate surface area is 267 Å². The highest BCUT2D eigenvalue weighted by Gasteiger charge is 2.70. The third-order valence-electron chi connectivity index (χ3n) is 10.4. The lowest BCUT2D eigenvalue weighted by molar-refractivity contribution is -0.145. The van der Waals surface area contributed by atoms with Gasteiger partial charge in [0, 0.05) is 19.1 Å². The molecule has 0 spiro atoms. The summed E-state index contributed by atoms with van der Waals surface area (Å²) in [5.41, 5.74) is 4.37. The van der Waals surface area contributed by atoms with Gasteiger partial charge in [0.2, 0.25) is 27.6 Å². The number of piperidine rings is 1. The van der Waals surface area contributed by atoms with Gasteiger partial charge in [0.05, 0.1) is 11.3 Å². The molecular formula is C31H52N6O7S. The van der Waals surface area contributed by atoms with Crippen LogP contribution in [0.5, 0.6) is 0 Å². The average Bonchev–Trinajstić information content (AvgIpc) is 3.79. The summed E-state index contributed by atoms with van der Waals surface area (Å²) in [4.78, 5) is 67.3. The summed E-state index contributed by atoms with van der Waals surface area (Å²) in [5, 5.41) is 8.03. The molecule has 14 heteroatoms. The van der Waals surface area contributed by atoms with Crippen molar-refractivity contribution in [3.05, 3.63) is 0 Å². The van der Waals surface area contributed by atoms with Crippen molar-refractivity contribution in [3.63, 3.8) is 0 Å². The molecule has 1 heterocycles. The zero-order valence-electron chi connectivity index (χ0n) is 27.6. The lowest BCUT2D eigenvalue weighted by Crippen LogP contribution is -2.62. The van der Waals surface area contributed by atoms with Gasteiger partial charge in [-0.15, -0.1) is 0 Å². The Kier molecular flexibility index (Phi) is 10.00. The topological polar surface area (TPSA) is 197 Å². The number of fused-ring (bicyclic) bond motifs is 1. The van der Waals surface area contributed by atoms with Gasteiger partial charge in [0.25, 0.3) is 5.91 Å². The minimum absolute atomic E-state index is 0.0247. The summed E-state index contributed by atoms with van der Waals surface area (Å²) in [7, 11) is -3.44. The number of nitrogens with zero attached hydrogens (tertiary/aromatic N) is 1. The van der Waals surface area contributed by atoms with Crippen molar-refractivity contribution in [2.24, 2.45) is 40.2 Å². The minimum atomic E-state index is -3.44. The molecule has 0 radical (unpaired) electrons. The number of carbonyl (C=O) groups is 5. The molecule has 1 saturated heterocycles. The summed E-state index contributed by atoms with van der Waals surface area (Å²) in [6.45, 7) is 13.6. The van der Waals surface area contributed by atoms with Gasteiger partial charge >= 0.3 is 6.03 Å². The second kappa shape index (κ2) is 12.8. The maximum atomic E-state index is 14.2. The van der Waals surface area contributed by atoms with E-state index in [1.807, 2.05) is 48.5 Å². The van der Waals surface area contributed by atoms with Crippen molar-refractivity contribution in [2.45, 2.75) is 116 Å². The number of carbonyl (C=O) groups excluding carboxylic acids is 5. The van der Waals surface area contributed by atoms with Crippen LogP contribution in [-0.4, -0.2) is 85.4 Å². The number of nitrogens with two attached hydrogens (primary N) is 1. The number of nitrogens with one attached hydrogen (secondary N) is 4. The molecule has 45 heavy (non-hydrogen) atoms. The lowest BCUT2D eigenvalue weighted by Gasteiger charge is -2.38. The Hall–Kier alpha value is -2.74. The molecule has 4 rings (SSSR count). The summed E-state index contributed by atoms with van der Waals surface area (Å²) < 4.78 is 27.3. The third-order valence-corrected chi connectivity index (χ3v) is 12.3. The fraction of sp³-hybridized carbons (Fsp3) is 0.839. The van der Waals surface area contributed by atoms with Crippen molar-refractivity contribution >= 4 is 39.6 Å². The van der Waals surface area contributed by atoms with Crippen LogP contribution in [0.3, 0.4) is 0 Å². The molecule has 5 amide bonds. The SMILES string of the molecule is CC(C)[C@@H](CNS(=O)(=O)C1CC1)NC(=O)N[C@H](C(=O)N1C[C@H]2[C@@H]([C@H]1C(=O)NC(CC1CCC1)C(=O)C(N)=O)C2(C)C)C(C)(C)C. The number of Topliss-reactive ketones (excluding diaryl/α,β-unsaturated/α-hetero) is 1. The zero-order chi connectivity index (χ0) is 33.6. The number of ketones is 1. The van der Waals surface area contributed by atoms with Gasteiger partial charge in [-0.2, -0.15) is 0 Å². The van der Waals surface area contributed by atoms with E-state index in [2.05, 4.69) is 20.7 Å². The third kappa shape index (κ3) is 7.81. The van der Waals surface area contributed by atoms with Crippen LogP contribution >= 0.6 is 0 Å².